The third-order valence-corrected chi connectivity index (χ3v) is 1.16. The van der Waals surface area contributed by atoms with E-state index in [0.717, 1.165) is 18.7 Å². The first kappa shape index (κ1) is 9.58. The van der Waals surface area contributed by atoms with Crippen LogP contribution in [0.1, 0.15) is 6.42 Å². The molecule has 56 valence electrons. The van der Waals surface area contributed by atoms with Crippen LogP contribution in [-0.4, -0.2) is 20.3 Å². The highest BCUT2D eigenvalue weighted by Crippen LogP contribution is 2.01. The zero-order chi connectivity index (χ0) is 6.95. The van der Waals surface area contributed by atoms with Crippen molar-refractivity contribution in [1.82, 2.24) is 0 Å². The van der Waals surface area contributed by atoms with E-state index in [2.05, 4.69) is 21.3 Å². The van der Waals surface area contributed by atoms with E-state index >= 15 is 0 Å². The van der Waals surface area contributed by atoms with Crippen molar-refractivity contribution in [3.8, 4) is 0 Å². The van der Waals surface area contributed by atoms with Crippen LogP contribution < -0.4 is 0 Å². The molecule has 0 radical (unpaired) electrons. The summed E-state index contributed by atoms with van der Waals surface area (Å²) in [5, 5.41) is 0. The first-order chi connectivity index (χ1) is 4.41. The lowest BCUT2D eigenvalue weighted by Crippen LogP contribution is -1.91. The maximum atomic E-state index is 4.87. The SMILES string of the molecule is COSOCCCOS. The van der Waals surface area contributed by atoms with Crippen LogP contribution in [0, 0.1) is 0 Å². The van der Waals surface area contributed by atoms with Crippen LogP contribution in [0.4, 0.5) is 0 Å². The average molecular weight is 170 g/mol. The van der Waals surface area contributed by atoms with Gasteiger partial charge in [0.1, 0.15) is 0 Å². The van der Waals surface area contributed by atoms with E-state index in [-0.39, 0.29) is 0 Å². The quantitative estimate of drug-likeness (QED) is 0.371. The molecule has 0 aliphatic rings. The van der Waals surface area contributed by atoms with Gasteiger partial charge in [-0.15, -0.1) is 0 Å². The van der Waals surface area contributed by atoms with Gasteiger partial charge >= 0.3 is 0 Å². The third-order valence-electron chi connectivity index (χ3n) is 0.579. The van der Waals surface area contributed by atoms with Gasteiger partial charge in [-0.1, -0.05) is 0 Å². The minimum atomic E-state index is 0.605. The summed E-state index contributed by atoms with van der Waals surface area (Å²) in [5.41, 5.74) is 0. The molecule has 0 spiro atoms. The van der Waals surface area contributed by atoms with Gasteiger partial charge in [0, 0.05) is 0 Å². The summed E-state index contributed by atoms with van der Waals surface area (Å²) in [5.74, 6) is 0. The van der Waals surface area contributed by atoms with Crippen LogP contribution >= 0.6 is 25.2 Å². The van der Waals surface area contributed by atoms with Crippen LogP contribution in [0.3, 0.4) is 0 Å². The minimum Gasteiger partial charge on any atom is -0.318 e. The second-order valence-corrected chi connectivity index (χ2v) is 2.21. The molecule has 0 unspecified atom stereocenters. The zero-order valence-corrected chi connectivity index (χ0v) is 6.91. The van der Waals surface area contributed by atoms with Crippen LogP contribution in [0.15, 0.2) is 0 Å². The predicted molar refractivity (Wildman–Crippen MR) is 40.1 cm³/mol. The average Bonchev–Trinajstić information content (AvgIpc) is 1.89. The monoisotopic (exact) mass is 170 g/mol. The molecule has 3 nitrogen and oxygen atoms in total. The topological polar surface area (TPSA) is 27.7 Å². The van der Waals surface area contributed by atoms with Crippen LogP contribution in [0.5, 0.6) is 0 Å². The Morgan fingerprint density at radius 1 is 1.44 bits per heavy atom. The van der Waals surface area contributed by atoms with Gasteiger partial charge in [-0.25, -0.2) is 0 Å². The number of hydrogen-bond donors (Lipinski definition) is 1. The molecule has 0 N–H and O–H groups in total. The highest BCUT2D eigenvalue weighted by atomic mass is 32.2. The summed E-state index contributed by atoms with van der Waals surface area (Å²) >= 11 is 4.53. The Labute approximate surface area is 65.1 Å². The standard InChI is InChI=1S/C4H10O3S2/c1-5-9-7-4-2-3-6-8/h8H,2-4H2,1H3. The van der Waals surface area contributed by atoms with Gasteiger partial charge in [-0.3, -0.25) is 8.37 Å². The van der Waals surface area contributed by atoms with Crippen molar-refractivity contribution in [2.45, 2.75) is 6.42 Å². The maximum absolute atomic E-state index is 4.87. The molecule has 0 bridgehead atoms. The van der Waals surface area contributed by atoms with E-state index in [4.69, 9.17) is 4.18 Å². The van der Waals surface area contributed by atoms with Gasteiger partial charge in [-0.05, 0) is 19.3 Å². The van der Waals surface area contributed by atoms with Gasteiger partial charge in [0.2, 0.25) is 0 Å². The summed E-state index contributed by atoms with van der Waals surface area (Å²) in [6.45, 7) is 1.23. The number of rotatable bonds is 6. The van der Waals surface area contributed by atoms with Crippen molar-refractivity contribution < 1.29 is 12.5 Å². The lowest BCUT2D eigenvalue weighted by Gasteiger charge is -1.97. The summed E-state index contributed by atoms with van der Waals surface area (Å²) in [7, 11) is 1.56. The van der Waals surface area contributed by atoms with E-state index in [1.807, 2.05) is 0 Å². The molecule has 0 aromatic heterocycles. The molecule has 0 aliphatic heterocycles. The molecule has 0 saturated carbocycles. The van der Waals surface area contributed by atoms with Crippen molar-refractivity contribution in [3.05, 3.63) is 0 Å². The predicted octanol–water partition coefficient (Wildman–Crippen LogP) is 1.46. The Hall–Kier alpha value is 0.580. The third kappa shape index (κ3) is 8.58. The van der Waals surface area contributed by atoms with E-state index in [9.17, 15) is 0 Å². The van der Waals surface area contributed by atoms with Gasteiger partial charge < -0.3 is 4.18 Å². The molecule has 0 aromatic rings. The van der Waals surface area contributed by atoms with Crippen LogP contribution in [0.25, 0.3) is 0 Å². The normalized spacial score (nSPS) is 10.0. The van der Waals surface area contributed by atoms with E-state index in [1.165, 1.54) is 0 Å². The van der Waals surface area contributed by atoms with Crippen molar-refractivity contribution in [2.24, 2.45) is 0 Å². The lowest BCUT2D eigenvalue weighted by atomic mass is 10.5. The molecule has 9 heavy (non-hydrogen) atoms. The first-order valence-corrected chi connectivity index (χ1v) is 3.53. The highest BCUT2D eigenvalue weighted by Gasteiger charge is 1.87. The molecular formula is C4H10O3S2. The molecule has 0 fully saturated rings. The van der Waals surface area contributed by atoms with Gasteiger partial charge in [0.25, 0.3) is 0 Å². The molecule has 0 aromatic carbocycles. The largest absolute Gasteiger partial charge is 0.318 e. The Morgan fingerprint density at radius 2 is 2.22 bits per heavy atom. The Balaban J connectivity index is 2.60. The van der Waals surface area contributed by atoms with Crippen molar-refractivity contribution >= 4 is 25.2 Å². The minimum absolute atomic E-state index is 0.605. The van der Waals surface area contributed by atoms with Gasteiger partial charge in [-0.2, -0.15) is 0 Å². The van der Waals surface area contributed by atoms with Gasteiger partial charge in [0.15, 0.2) is 12.3 Å². The van der Waals surface area contributed by atoms with Crippen molar-refractivity contribution in [3.63, 3.8) is 0 Å². The molecule has 0 saturated heterocycles. The Bertz CT molecular complexity index is 47.1. The summed E-state index contributed by atoms with van der Waals surface area (Å²) in [6, 6.07) is 0. The zero-order valence-electron chi connectivity index (χ0n) is 5.20. The van der Waals surface area contributed by atoms with E-state index < -0.39 is 0 Å². The fraction of sp³-hybridized carbons (Fsp3) is 1.00. The Kier molecular flexibility index (Phi) is 9.13. The molecule has 0 aliphatic carbocycles. The molecule has 0 atom stereocenters. The fourth-order valence-corrected chi connectivity index (χ4v) is 0.676. The van der Waals surface area contributed by atoms with E-state index in [0.29, 0.717) is 13.2 Å². The second kappa shape index (κ2) is 8.58. The molecule has 0 rings (SSSR count). The van der Waals surface area contributed by atoms with Gasteiger partial charge in [0.05, 0.1) is 20.3 Å². The summed E-state index contributed by atoms with van der Waals surface area (Å²) in [6.07, 6.45) is 0.833. The second-order valence-electron chi connectivity index (χ2n) is 1.24. The lowest BCUT2D eigenvalue weighted by molar-refractivity contribution is 0.276. The molecular weight excluding hydrogens is 160 g/mol. The number of thiol groups is 1. The van der Waals surface area contributed by atoms with Crippen molar-refractivity contribution in [2.75, 3.05) is 20.3 Å². The molecule has 0 amide bonds. The summed E-state index contributed by atoms with van der Waals surface area (Å²) in [4.78, 5) is 0. The first-order valence-electron chi connectivity index (χ1n) is 2.50. The smallest absolute Gasteiger partial charge is 0.158 e. The number of hydrogen-bond acceptors (Lipinski definition) is 5. The highest BCUT2D eigenvalue weighted by molar-refractivity contribution is 7.89. The van der Waals surface area contributed by atoms with Crippen LogP contribution in [-0.2, 0) is 12.5 Å². The molecule has 0 heterocycles. The fourth-order valence-electron chi connectivity index (χ4n) is 0.265. The summed E-state index contributed by atoms with van der Waals surface area (Å²) < 4.78 is 13.9. The van der Waals surface area contributed by atoms with E-state index in [1.54, 1.807) is 7.11 Å². The molecule has 5 heteroatoms. The van der Waals surface area contributed by atoms with Crippen LogP contribution in [0.2, 0.25) is 0 Å². The maximum Gasteiger partial charge on any atom is 0.158 e. The van der Waals surface area contributed by atoms with Crippen molar-refractivity contribution in [1.29, 1.82) is 0 Å². The Morgan fingerprint density at radius 3 is 2.78 bits per heavy atom.